The van der Waals surface area contributed by atoms with E-state index in [2.05, 4.69) is 15.3 Å². The lowest BCUT2D eigenvalue weighted by atomic mass is 10.3. The molecule has 2 heterocycles. The molecule has 1 aromatic rings. The van der Waals surface area contributed by atoms with E-state index in [1.165, 1.54) is 0 Å². The molecular weight excluding hydrogens is 232 g/mol. The third kappa shape index (κ3) is 4.38. The summed E-state index contributed by atoms with van der Waals surface area (Å²) in [7, 11) is 0. The molecule has 1 fully saturated rings. The third-order valence-electron chi connectivity index (χ3n) is 3.05. The van der Waals surface area contributed by atoms with Crippen molar-refractivity contribution in [2.24, 2.45) is 0 Å². The van der Waals surface area contributed by atoms with Crippen LogP contribution in [0.3, 0.4) is 0 Å². The molecule has 102 valence electrons. The van der Waals surface area contributed by atoms with Gasteiger partial charge in [-0.25, -0.2) is 0 Å². The standard InChI is InChI=1S/C12H22N4O2/c17-6-3-16-11-12(10-14-16)9-13-1-2-15-4-7-18-8-5-15/h10-11,13,17H,1-9H2. The Morgan fingerprint density at radius 1 is 1.33 bits per heavy atom. The normalized spacial score (nSPS) is 17.2. The fraction of sp³-hybridized carbons (Fsp3) is 0.750. The average molecular weight is 254 g/mol. The van der Waals surface area contributed by atoms with Gasteiger partial charge in [0.2, 0.25) is 0 Å². The second-order valence-electron chi connectivity index (χ2n) is 4.47. The Morgan fingerprint density at radius 3 is 2.94 bits per heavy atom. The Balaban J connectivity index is 1.59. The first-order valence-electron chi connectivity index (χ1n) is 6.51. The van der Waals surface area contributed by atoms with Gasteiger partial charge in [-0.3, -0.25) is 9.58 Å². The summed E-state index contributed by atoms with van der Waals surface area (Å²) < 4.78 is 7.07. The number of nitrogens with zero attached hydrogens (tertiary/aromatic N) is 3. The van der Waals surface area contributed by atoms with E-state index in [9.17, 15) is 0 Å². The monoisotopic (exact) mass is 254 g/mol. The lowest BCUT2D eigenvalue weighted by Gasteiger charge is -2.26. The number of hydrogen-bond acceptors (Lipinski definition) is 5. The topological polar surface area (TPSA) is 62.5 Å². The number of aliphatic hydroxyl groups excluding tert-OH is 1. The summed E-state index contributed by atoms with van der Waals surface area (Å²) in [5, 5.41) is 16.4. The number of rotatable bonds is 7. The van der Waals surface area contributed by atoms with Crippen molar-refractivity contribution >= 4 is 0 Å². The molecule has 1 saturated heterocycles. The Kier molecular flexibility index (Phi) is 5.60. The van der Waals surface area contributed by atoms with Gasteiger partial charge in [0.05, 0.1) is 32.6 Å². The maximum atomic E-state index is 8.80. The van der Waals surface area contributed by atoms with Crippen molar-refractivity contribution in [3.05, 3.63) is 18.0 Å². The minimum absolute atomic E-state index is 0.131. The fourth-order valence-corrected chi connectivity index (χ4v) is 2.02. The molecular formula is C12H22N4O2. The first kappa shape index (κ1) is 13.5. The molecule has 0 amide bonds. The van der Waals surface area contributed by atoms with E-state index < -0.39 is 0 Å². The van der Waals surface area contributed by atoms with Gasteiger partial charge < -0.3 is 15.2 Å². The summed E-state index contributed by atoms with van der Waals surface area (Å²) in [6.45, 7) is 7.35. The van der Waals surface area contributed by atoms with Crippen LogP contribution in [0.2, 0.25) is 0 Å². The molecule has 2 N–H and O–H groups in total. The SMILES string of the molecule is OCCn1cc(CNCCN2CCOCC2)cn1. The van der Waals surface area contributed by atoms with Gasteiger partial charge >= 0.3 is 0 Å². The first-order valence-corrected chi connectivity index (χ1v) is 6.51. The van der Waals surface area contributed by atoms with Crippen LogP contribution in [0.1, 0.15) is 5.56 Å². The first-order chi connectivity index (χ1) is 8.88. The Morgan fingerprint density at radius 2 is 2.17 bits per heavy atom. The lowest BCUT2D eigenvalue weighted by molar-refractivity contribution is 0.0384. The van der Waals surface area contributed by atoms with E-state index >= 15 is 0 Å². The number of hydrogen-bond donors (Lipinski definition) is 2. The molecule has 0 atom stereocenters. The molecule has 6 heteroatoms. The van der Waals surface area contributed by atoms with Gasteiger partial charge in [-0.05, 0) is 0 Å². The highest BCUT2D eigenvalue weighted by molar-refractivity contribution is 5.03. The van der Waals surface area contributed by atoms with Gasteiger partial charge in [-0.1, -0.05) is 0 Å². The minimum Gasteiger partial charge on any atom is -0.394 e. The van der Waals surface area contributed by atoms with Gasteiger partial charge in [-0.2, -0.15) is 5.10 Å². The van der Waals surface area contributed by atoms with Crippen LogP contribution >= 0.6 is 0 Å². The van der Waals surface area contributed by atoms with Crippen molar-refractivity contribution in [2.75, 3.05) is 46.0 Å². The molecule has 0 bridgehead atoms. The van der Waals surface area contributed by atoms with Crippen molar-refractivity contribution in [2.45, 2.75) is 13.1 Å². The molecule has 0 radical (unpaired) electrons. The Hall–Kier alpha value is -0.950. The van der Waals surface area contributed by atoms with Crippen LogP contribution in [-0.4, -0.2) is 65.8 Å². The Labute approximate surface area is 108 Å². The number of ether oxygens (including phenoxy) is 1. The molecule has 0 aromatic carbocycles. The third-order valence-corrected chi connectivity index (χ3v) is 3.05. The molecule has 0 saturated carbocycles. The van der Waals surface area contributed by atoms with Gasteiger partial charge in [0.1, 0.15) is 0 Å². The summed E-state index contributed by atoms with van der Waals surface area (Å²) in [4.78, 5) is 2.41. The van der Waals surface area contributed by atoms with Crippen molar-refractivity contribution in [3.63, 3.8) is 0 Å². The van der Waals surface area contributed by atoms with Crippen LogP contribution in [0, 0.1) is 0 Å². The quantitative estimate of drug-likeness (QED) is 0.630. The van der Waals surface area contributed by atoms with Gasteiger partial charge in [0.25, 0.3) is 0 Å². The Bertz CT molecular complexity index is 337. The maximum absolute atomic E-state index is 8.80. The molecule has 1 aliphatic heterocycles. The van der Waals surface area contributed by atoms with E-state index in [0.717, 1.165) is 51.5 Å². The van der Waals surface area contributed by atoms with E-state index in [1.807, 2.05) is 12.4 Å². The molecule has 0 unspecified atom stereocenters. The van der Waals surface area contributed by atoms with Crippen LogP contribution in [0.15, 0.2) is 12.4 Å². The zero-order valence-corrected chi connectivity index (χ0v) is 10.7. The van der Waals surface area contributed by atoms with Crippen LogP contribution in [-0.2, 0) is 17.8 Å². The second kappa shape index (κ2) is 7.48. The van der Waals surface area contributed by atoms with Crippen LogP contribution in [0.4, 0.5) is 0 Å². The fourth-order valence-electron chi connectivity index (χ4n) is 2.02. The largest absolute Gasteiger partial charge is 0.394 e. The summed E-state index contributed by atoms with van der Waals surface area (Å²) in [5.74, 6) is 0. The van der Waals surface area contributed by atoms with Crippen LogP contribution < -0.4 is 5.32 Å². The van der Waals surface area contributed by atoms with E-state index in [4.69, 9.17) is 9.84 Å². The number of aromatic nitrogens is 2. The van der Waals surface area contributed by atoms with Crippen LogP contribution in [0.5, 0.6) is 0 Å². The summed E-state index contributed by atoms with van der Waals surface area (Å²) in [6.07, 6.45) is 3.81. The lowest BCUT2D eigenvalue weighted by Crippen LogP contribution is -2.40. The number of morpholine rings is 1. The van der Waals surface area contributed by atoms with Gasteiger partial charge in [0.15, 0.2) is 0 Å². The molecule has 2 rings (SSSR count). The highest BCUT2D eigenvalue weighted by Gasteiger charge is 2.08. The van der Waals surface area contributed by atoms with E-state index in [1.54, 1.807) is 4.68 Å². The van der Waals surface area contributed by atoms with Crippen LogP contribution in [0.25, 0.3) is 0 Å². The maximum Gasteiger partial charge on any atom is 0.0640 e. The van der Waals surface area contributed by atoms with Crippen molar-refractivity contribution in [3.8, 4) is 0 Å². The van der Waals surface area contributed by atoms with Crippen molar-refractivity contribution in [1.29, 1.82) is 0 Å². The predicted molar refractivity (Wildman–Crippen MR) is 68.3 cm³/mol. The summed E-state index contributed by atoms with van der Waals surface area (Å²) in [6, 6.07) is 0. The predicted octanol–water partition coefficient (Wildman–Crippen LogP) is -0.703. The number of nitrogens with one attached hydrogen (secondary N) is 1. The minimum atomic E-state index is 0.131. The highest BCUT2D eigenvalue weighted by Crippen LogP contribution is 1.98. The average Bonchev–Trinajstić information content (AvgIpc) is 2.84. The zero-order chi connectivity index (χ0) is 12.6. The molecule has 1 aliphatic rings. The van der Waals surface area contributed by atoms with Gasteiger partial charge in [0, 0.05) is 44.5 Å². The van der Waals surface area contributed by atoms with E-state index in [-0.39, 0.29) is 6.61 Å². The van der Waals surface area contributed by atoms with E-state index in [0.29, 0.717) is 6.54 Å². The summed E-state index contributed by atoms with van der Waals surface area (Å²) >= 11 is 0. The molecule has 0 aliphatic carbocycles. The summed E-state index contributed by atoms with van der Waals surface area (Å²) in [5.41, 5.74) is 1.16. The molecule has 0 spiro atoms. The molecule has 6 nitrogen and oxygen atoms in total. The molecule has 1 aromatic heterocycles. The number of aliphatic hydroxyl groups is 1. The van der Waals surface area contributed by atoms with Gasteiger partial charge in [-0.15, -0.1) is 0 Å². The second-order valence-corrected chi connectivity index (χ2v) is 4.47. The molecule has 18 heavy (non-hydrogen) atoms. The zero-order valence-electron chi connectivity index (χ0n) is 10.7. The smallest absolute Gasteiger partial charge is 0.0640 e. The van der Waals surface area contributed by atoms with Crippen molar-refractivity contribution in [1.82, 2.24) is 20.0 Å². The van der Waals surface area contributed by atoms with Crippen molar-refractivity contribution < 1.29 is 9.84 Å². The highest BCUT2D eigenvalue weighted by atomic mass is 16.5.